The predicted molar refractivity (Wildman–Crippen MR) is 214 cm³/mol. The van der Waals surface area contributed by atoms with E-state index in [-0.39, 0.29) is 35.6 Å². The highest BCUT2D eigenvalue weighted by atomic mass is 16.6. The SMILES string of the molecule is CC1CCC2=C3C=CCC4CC5=C6C(C7=C2C28C(=O)OC(=C(O)CC(C)N9CC%10CC(C9)C(C=C5)N6C%10)C2(CC7)C2(OC(=O)c5c(CCCN)cccc52)C8C1)C34. The number of nitrogens with two attached hydrogens (primary N) is 1. The van der Waals surface area contributed by atoms with Crippen LogP contribution in [0, 0.1) is 52.3 Å². The molecule has 5 fully saturated rings. The van der Waals surface area contributed by atoms with E-state index in [9.17, 15) is 9.90 Å². The smallest absolute Gasteiger partial charge is 0.339 e. The molecule has 16 rings (SSSR count). The maximum atomic E-state index is 15.8. The second kappa shape index (κ2) is 11.2. The van der Waals surface area contributed by atoms with Crippen molar-refractivity contribution in [2.75, 3.05) is 26.2 Å². The number of hydrogen-bond acceptors (Lipinski definition) is 8. The number of piperidine rings is 2. The fourth-order valence-corrected chi connectivity index (χ4v) is 16.3. The topological polar surface area (TPSA) is 105 Å². The predicted octanol–water partition coefficient (Wildman–Crippen LogP) is 7.54. The summed E-state index contributed by atoms with van der Waals surface area (Å²) in [4.78, 5) is 36.0. The first-order chi connectivity index (χ1) is 27.7. The summed E-state index contributed by atoms with van der Waals surface area (Å²) in [5, 5.41) is 12.8. The van der Waals surface area contributed by atoms with Crippen LogP contribution in [0.3, 0.4) is 0 Å². The van der Waals surface area contributed by atoms with Crippen molar-refractivity contribution in [3.63, 3.8) is 0 Å². The Balaban J connectivity index is 1.14. The van der Waals surface area contributed by atoms with Crippen LogP contribution in [-0.4, -0.2) is 65.1 Å². The lowest BCUT2D eigenvalue weighted by Gasteiger charge is -2.72. The number of allylic oxidation sites excluding steroid dienone is 7. The van der Waals surface area contributed by atoms with Gasteiger partial charge in [0.05, 0.1) is 17.0 Å². The van der Waals surface area contributed by atoms with Crippen molar-refractivity contribution in [1.29, 1.82) is 0 Å². The third-order valence-corrected chi connectivity index (χ3v) is 18.1. The van der Waals surface area contributed by atoms with Crippen LogP contribution in [0.2, 0.25) is 0 Å². The van der Waals surface area contributed by atoms with Gasteiger partial charge in [-0.15, -0.1) is 0 Å². The molecule has 3 spiro atoms. The van der Waals surface area contributed by atoms with Crippen molar-refractivity contribution in [2.24, 2.45) is 58.0 Å². The highest BCUT2D eigenvalue weighted by Crippen LogP contribution is 2.88. The van der Waals surface area contributed by atoms with Gasteiger partial charge in [0, 0.05) is 55.2 Å². The molecule has 3 saturated heterocycles. The summed E-state index contributed by atoms with van der Waals surface area (Å²) in [6.45, 7) is 8.18. The number of nitrogens with zero attached hydrogens (tertiary/aromatic N) is 2. The lowest BCUT2D eigenvalue weighted by atomic mass is 9.27. The lowest BCUT2D eigenvalue weighted by Crippen LogP contribution is -2.77. The Morgan fingerprint density at radius 3 is 2.81 bits per heavy atom. The van der Waals surface area contributed by atoms with Crippen molar-refractivity contribution >= 4 is 11.9 Å². The van der Waals surface area contributed by atoms with E-state index in [2.05, 4.69) is 66.2 Å². The Morgan fingerprint density at radius 1 is 1.04 bits per heavy atom. The summed E-state index contributed by atoms with van der Waals surface area (Å²) in [6.07, 6.45) is 19.3. The molecule has 296 valence electrons. The quantitative estimate of drug-likeness (QED) is 0.305. The number of rotatable bonds is 3. The molecule has 12 bridgehead atoms. The van der Waals surface area contributed by atoms with E-state index >= 15 is 4.79 Å². The van der Waals surface area contributed by atoms with Crippen molar-refractivity contribution in [3.8, 4) is 0 Å². The molecule has 8 heteroatoms. The van der Waals surface area contributed by atoms with Crippen LogP contribution >= 0.6 is 0 Å². The molecule has 6 aliphatic carbocycles. The van der Waals surface area contributed by atoms with E-state index in [1.54, 1.807) is 5.70 Å². The molecule has 0 radical (unpaired) electrons. The summed E-state index contributed by atoms with van der Waals surface area (Å²) in [5.74, 6) is 2.22. The zero-order chi connectivity index (χ0) is 38.3. The Bertz CT molecular complexity index is 2300. The fourth-order valence-electron chi connectivity index (χ4n) is 16.3. The molecule has 0 amide bonds. The van der Waals surface area contributed by atoms with Gasteiger partial charge in [-0.05, 0) is 135 Å². The van der Waals surface area contributed by atoms with Gasteiger partial charge in [0.2, 0.25) is 0 Å². The summed E-state index contributed by atoms with van der Waals surface area (Å²) >= 11 is 0. The van der Waals surface area contributed by atoms with Gasteiger partial charge in [-0.2, -0.15) is 0 Å². The molecule has 9 aliphatic heterocycles. The number of aryl methyl sites for hydroxylation is 1. The van der Waals surface area contributed by atoms with E-state index < -0.39 is 16.4 Å². The van der Waals surface area contributed by atoms with Crippen LogP contribution in [0.4, 0.5) is 0 Å². The van der Waals surface area contributed by atoms with Gasteiger partial charge in [0.25, 0.3) is 0 Å². The minimum atomic E-state index is -1.14. The molecule has 1 aromatic carbocycles. The minimum absolute atomic E-state index is 0.0534. The molecular formula is C49H55N3O5. The maximum absolute atomic E-state index is 15.8. The van der Waals surface area contributed by atoms with Gasteiger partial charge in [0.15, 0.2) is 11.4 Å². The van der Waals surface area contributed by atoms with Crippen LogP contribution in [0.1, 0.15) is 99.5 Å². The zero-order valence-electron chi connectivity index (χ0n) is 33.4. The average Bonchev–Trinajstić information content (AvgIpc) is 3.66. The van der Waals surface area contributed by atoms with E-state index in [1.165, 1.54) is 34.3 Å². The van der Waals surface area contributed by atoms with Crippen molar-refractivity contribution in [3.05, 3.63) is 104 Å². The van der Waals surface area contributed by atoms with Gasteiger partial charge in [0.1, 0.15) is 11.2 Å². The van der Waals surface area contributed by atoms with Gasteiger partial charge in [-0.25, -0.2) is 4.79 Å². The van der Waals surface area contributed by atoms with E-state index in [1.807, 2.05) is 0 Å². The Hall–Kier alpha value is -3.88. The molecule has 2 saturated carbocycles. The number of carbonyl (C=O) groups is 2. The van der Waals surface area contributed by atoms with Gasteiger partial charge < -0.3 is 25.2 Å². The number of aliphatic hydroxyl groups is 1. The van der Waals surface area contributed by atoms with Crippen LogP contribution in [0.15, 0.2) is 87.6 Å². The van der Waals surface area contributed by atoms with Gasteiger partial charge in [-0.1, -0.05) is 55.0 Å². The summed E-state index contributed by atoms with van der Waals surface area (Å²) in [6, 6.07) is 6.65. The summed E-state index contributed by atoms with van der Waals surface area (Å²) in [7, 11) is 0. The standard InChI is InChI=1S/C49H55N3O5/c1-25-11-13-33-32-9-3-7-29-21-30-12-14-36-31-20-27-22-51(24-31)26(2)19-37(53)44-47-16-15-34(41(39(29)32)43(30)52(36)23-27)42(33)48(47,46(55)56-44)38(18-25)49(47)35-10-4-6-28(8-5-17-50)40(35)45(54)57-49/h3-4,6,9-10,12,14,25-27,29,31,36,38-39,41,53H,5,7-8,11,13,15-24,50H2,1-2H3. The lowest BCUT2D eigenvalue weighted by molar-refractivity contribution is -0.279. The van der Waals surface area contributed by atoms with E-state index in [4.69, 9.17) is 15.2 Å². The van der Waals surface area contributed by atoms with Crippen LogP contribution in [0.5, 0.6) is 0 Å². The second-order valence-corrected chi connectivity index (χ2v) is 20.4. The molecule has 9 heterocycles. The molecule has 13 unspecified atom stereocenters. The number of fused-ring (bicyclic) bond motifs is 3. The van der Waals surface area contributed by atoms with Crippen LogP contribution in [-0.2, 0) is 26.3 Å². The third kappa shape index (κ3) is 3.74. The van der Waals surface area contributed by atoms with Crippen LogP contribution < -0.4 is 5.73 Å². The van der Waals surface area contributed by atoms with Crippen molar-refractivity contribution in [2.45, 2.75) is 102 Å². The highest BCUT2D eigenvalue weighted by Gasteiger charge is 2.94. The molecule has 15 aliphatic rings. The zero-order valence-corrected chi connectivity index (χ0v) is 33.4. The number of ether oxygens (including phenoxy) is 2. The second-order valence-electron chi connectivity index (χ2n) is 20.4. The van der Waals surface area contributed by atoms with Gasteiger partial charge >= 0.3 is 11.9 Å². The summed E-state index contributed by atoms with van der Waals surface area (Å²) < 4.78 is 13.9. The number of benzene rings is 1. The van der Waals surface area contributed by atoms with Crippen LogP contribution in [0.25, 0.3) is 0 Å². The molecule has 8 nitrogen and oxygen atoms in total. The average molecular weight is 766 g/mol. The Kier molecular flexibility index (Phi) is 6.71. The van der Waals surface area contributed by atoms with E-state index in [0.717, 1.165) is 75.7 Å². The number of hydrogen-bond donors (Lipinski definition) is 2. The number of aliphatic hydroxyl groups excluding tert-OH is 1. The monoisotopic (exact) mass is 765 g/mol. The molecular weight excluding hydrogens is 711 g/mol. The van der Waals surface area contributed by atoms with Crippen molar-refractivity contribution in [1.82, 2.24) is 9.80 Å². The van der Waals surface area contributed by atoms with E-state index in [0.29, 0.717) is 72.8 Å². The number of esters is 2. The maximum Gasteiger partial charge on any atom is 0.339 e. The minimum Gasteiger partial charge on any atom is -0.509 e. The fraction of sp³-hybridized carbons (Fsp3) is 0.592. The third-order valence-electron chi connectivity index (χ3n) is 18.1. The first kappa shape index (κ1) is 34.0. The van der Waals surface area contributed by atoms with Gasteiger partial charge in [-0.3, -0.25) is 9.69 Å². The molecule has 0 aromatic heterocycles. The first-order valence-electron chi connectivity index (χ1n) is 22.5. The number of carbonyl (C=O) groups excluding carboxylic acids is 2. The highest BCUT2D eigenvalue weighted by molar-refractivity contribution is 6.01. The molecule has 3 N–H and O–H groups in total. The first-order valence-corrected chi connectivity index (χ1v) is 22.5. The molecule has 57 heavy (non-hydrogen) atoms. The van der Waals surface area contributed by atoms with Crippen molar-refractivity contribution < 1.29 is 24.2 Å². The largest absolute Gasteiger partial charge is 0.509 e. The Morgan fingerprint density at radius 2 is 1.93 bits per heavy atom. The Labute approximate surface area is 335 Å². The summed E-state index contributed by atoms with van der Waals surface area (Å²) in [5.41, 5.74) is 13.9. The normalized spacial score (nSPS) is 45.0. The molecule has 13 atom stereocenters. The molecule has 1 aromatic rings.